The van der Waals surface area contributed by atoms with Crippen molar-refractivity contribution in [2.45, 2.75) is 0 Å². The highest BCUT2D eigenvalue weighted by Gasteiger charge is 2.09. The summed E-state index contributed by atoms with van der Waals surface area (Å²) in [5.74, 6) is -0.385. The molecule has 0 aliphatic heterocycles. The first kappa shape index (κ1) is 9.54. The molecule has 2 heterocycles. The number of carbonyl (C=O) groups excluding carboxylic acids is 1. The van der Waals surface area contributed by atoms with E-state index < -0.39 is 0 Å². The lowest BCUT2D eigenvalue weighted by molar-refractivity contribution is 0.0600. The second-order valence-electron chi connectivity index (χ2n) is 2.50. The maximum Gasteiger partial charge on any atom is 0.339 e. The van der Waals surface area contributed by atoms with Gasteiger partial charge in [-0.15, -0.1) is 11.3 Å². The highest BCUT2D eigenvalue weighted by Crippen LogP contribution is 2.25. The van der Waals surface area contributed by atoms with Gasteiger partial charge in [-0.1, -0.05) is 0 Å². The Kier molecular flexibility index (Phi) is 2.47. The zero-order valence-corrected chi connectivity index (χ0v) is 9.55. The monoisotopic (exact) mass is 272 g/mol. The minimum Gasteiger partial charge on any atom is -0.465 e. The van der Waals surface area contributed by atoms with Gasteiger partial charge in [0.15, 0.2) is 9.56 Å². The van der Waals surface area contributed by atoms with Crippen LogP contribution in [0, 0.1) is 0 Å². The largest absolute Gasteiger partial charge is 0.465 e. The predicted molar refractivity (Wildman–Crippen MR) is 56.5 cm³/mol. The van der Waals surface area contributed by atoms with Crippen molar-refractivity contribution in [2.24, 2.45) is 0 Å². The minimum atomic E-state index is -0.385. The average molecular weight is 273 g/mol. The van der Waals surface area contributed by atoms with Crippen molar-refractivity contribution in [2.75, 3.05) is 7.11 Å². The Morgan fingerprint density at radius 3 is 3.14 bits per heavy atom. The van der Waals surface area contributed by atoms with Crippen LogP contribution < -0.4 is 0 Å². The molecular formula is C8H5BrN2O2S. The van der Waals surface area contributed by atoms with Crippen LogP contribution in [-0.4, -0.2) is 23.0 Å². The molecule has 0 saturated carbocycles. The molecule has 6 heteroatoms. The lowest BCUT2D eigenvalue weighted by atomic mass is 10.3. The van der Waals surface area contributed by atoms with E-state index in [1.54, 1.807) is 6.07 Å². The Morgan fingerprint density at radius 1 is 1.64 bits per heavy atom. The van der Waals surface area contributed by atoms with Crippen molar-refractivity contribution >= 4 is 43.6 Å². The number of rotatable bonds is 1. The van der Waals surface area contributed by atoms with E-state index in [0.717, 1.165) is 8.62 Å². The molecule has 0 radical (unpaired) electrons. The standard InChI is InChI=1S/C8H5BrN2O2S/c1-13-7(12)4-2-5-6(10-3-4)11-8(9)14-5/h2-3H,1H3. The molecule has 0 bridgehead atoms. The molecule has 72 valence electrons. The van der Waals surface area contributed by atoms with Gasteiger partial charge >= 0.3 is 5.97 Å². The number of thiazole rings is 1. The van der Waals surface area contributed by atoms with E-state index in [-0.39, 0.29) is 5.97 Å². The summed E-state index contributed by atoms with van der Waals surface area (Å²) >= 11 is 4.68. The molecule has 0 atom stereocenters. The Balaban J connectivity index is 2.55. The fourth-order valence-electron chi connectivity index (χ4n) is 1.02. The Hall–Kier alpha value is -1.01. The first-order valence-corrected chi connectivity index (χ1v) is 5.32. The molecule has 4 nitrogen and oxygen atoms in total. The van der Waals surface area contributed by atoms with E-state index in [4.69, 9.17) is 0 Å². The lowest BCUT2D eigenvalue weighted by Gasteiger charge is -1.96. The van der Waals surface area contributed by atoms with Crippen LogP contribution in [0.15, 0.2) is 16.2 Å². The summed E-state index contributed by atoms with van der Waals surface area (Å²) in [6.07, 6.45) is 1.46. The van der Waals surface area contributed by atoms with Crippen molar-refractivity contribution in [1.29, 1.82) is 0 Å². The number of fused-ring (bicyclic) bond motifs is 1. The van der Waals surface area contributed by atoms with Gasteiger partial charge in [-0.05, 0) is 22.0 Å². The van der Waals surface area contributed by atoms with E-state index >= 15 is 0 Å². The summed E-state index contributed by atoms with van der Waals surface area (Å²) in [4.78, 5) is 19.3. The zero-order chi connectivity index (χ0) is 10.1. The summed E-state index contributed by atoms with van der Waals surface area (Å²) in [6.45, 7) is 0. The third-order valence-corrected chi connectivity index (χ3v) is 3.08. The van der Waals surface area contributed by atoms with Gasteiger partial charge in [0.2, 0.25) is 0 Å². The number of esters is 1. The summed E-state index contributed by atoms with van der Waals surface area (Å²) in [7, 11) is 1.34. The van der Waals surface area contributed by atoms with Gasteiger partial charge in [0.1, 0.15) is 0 Å². The molecule has 0 aliphatic rings. The van der Waals surface area contributed by atoms with Crippen LogP contribution in [0.5, 0.6) is 0 Å². The predicted octanol–water partition coefficient (Wildman–Crippen LogP) is 2.24. The molecule has 2 aromatic heterocycles. The number of ether oxygens (including phenoxy) is 1. The normalized spacial score (nSPS) is 10.4. The van der Waals surface area contributed by atoms with Crippen LogP contribution in [0.2, 0.25) is 0 Å². The molecule has 0 N–H and O–H groups in total. The van der Waals surface area contributed by atoms with Gasteiger partial charge in [-0.3, -0.25) is 0 Å². The summed E-state index contributed by atoms with van der Waals surface area (Å²) < 4.78 is 6.20. The quantitative estimate of drug-likeness (QED) is 0.748. The number of hydrogen-bond donors (Lipinski definition) is 0. The SMILES string of the molecule is COC(=O)c1cnc2nc(Br)sc2c1. The third-order valence-electron chi connectivity index (χ3n) is 1.64. The molecule has 0 aliphatic carbocycles. The fourth-order valence-corrected chi connectivity index (χ4v) is 2.40. The van der Waals surface area contributed by atoms with Gasteiger partial charge in [0.25, 0.3) is 0 Å². The van der Waals surface area contributed by atoms with Crippen LogP contribution in [0.3, 0.4) is 0 Å². The first-order chi connectivity index (χ1) is 6.70. The number of hydrogen-bond acceptors (Lipinski definition) is 5. The molecule has 2 aromatic rings. The summed E-state index contributed by atoms with van der Waals surface area (Å²) in [5, 5.41) is 0. The number of nitrogens with zero attached hydrogens (tertiary/aromatic N) is 2. The number of aromatic nitrogens is 2. The van der Waals surface area contributed by atoms with Crippen molar-refractivity contribution in [3.05, 3.63) is 21.7 Å². The van der Waals surface area contributed by atoms with Crippen LogP contribution in [-0.2, 0) is 4.74 Å². The van der Waals surface area contributed by atoms with E-state index in [2.05, 4.69) is 30.6 Å². The maximum absolute atomic E-state index is 11.2. The van der Waals surface area contributed by atoms with Gasteiger partial charge in [-0.2, -0.15) is 0 Å². The van der Waals surface area contributed by atoms with E-state index in [0.29, 0.717) is 11.2 Å². The molecule has 0 spiro atoms. The van der Waals surface area contributed by atoms with Crippen LogP contribution in [0.1, 0.15) is 10.4 Å². The second kappa shape index (κ2) is 3.62. The fraction of sp³-hybridized carbons (Fsp3) is 0.125. The molecule has 0 amide bonds. The van der Waals surface area contributed by atoms with E-state index in [9.17, 15) is 4.79 Å². The molecule has 14 heavy (non-hydrogen) atoms. The molecule has 0 fully saturated rings. The Bertz CT molecular complexity index is 497. The zero-order valence-electron chi connectivity index (χ0n) is 7.15. The lowest BCUT2D eigenvalue weighted by Crippen LogP contribution is -2.01. The maximum atomic E-state index is 11.2. The summed E-state index contributed by atoms with van der Waals surface area (Å²) in [5.41, 5.74) is 1.07. The van der Waals surface area contributed by atoms with Crippen LogP contribution in [0.4, 0.5) is 0 Å². The number of halogens is 1. The summed E-state index contributed by atoms with van der Waals surface area (Å²) in [6, 6.07) is 1.72. The van der Waals surface area contributed by atoms with Gasteiger partial charge in [0, 0.05) is 6.20 Å². The number of methoxy groups -OCH3 is 1. The van der Waals surface area contributed by atoms with Crippen LogP contribution >= 0.6 is 27.3 Å². The Labute approximate surface area is 92.1 Å². The Morgan fingerprint density at radius 2 is 2.43 bits per heavy atom. The van der Waals surface area contributed by atoms with Crippen molar-refractivity contribution in [3.8, 4) is 0 Å². The topological polar surface area (TPSA) is 52.1 Å². The van der Waals surface area contributed by atoms with E-state index in [1.165, 1.54) is 24.6 Å². The van der Waals surface area contributed by atoms with Crippen molar-refractivity contribution in [1.82, 2.24) is 9.97 Å². The highest BCUT2D eigenvalue weighted by molar-refractivity contribution is 9.11. The number of pyridine rings is 1. The third kappa shape index (κ3) is 1.62. The molecular weight excluding hydrogens is 268 g/mol. The highest BCUT2D eigenvalue weighted by atomic mass is 79.9. The second-order valence-corrected chi connectivity index (χ2v) is 4.81. The molecule has 0 unspecified atom stereocenters. The molecule has 0 aromatic carbocycles. The van der Waals surface area contributed by atoms with Gasteiger partial charge < -0.3 is 4.74 Å². The van der Waals surface area contributed by atoms with Gasteiger partial charge in [0.05, 0.1) is 17.4 Å². The smallest absolute Gasteiger partial charge is 0.339 e. The van der Waals surface area contributed by atoms with Crippen LogP contribution in [0.25, 0.3) is 10.3 Å². The van der Waals surface area contributed by atoms with Crippen molar-refractivity contribution in [3.63, 3.8) is 0 Å². The van der Waals surface area contributed by atoms with Crippen molar-refractivity contribution < 1.29 is 9.53 Å². The average Bonchev–Trinajstić information content (AvgIpc) is 2.55. The molecule has 2 rings (SSSR count). The van der Waals surface area contributed by atoms with E-state index in [1.807, 2.05) is 0 Å². The molecule has 0 saturated heterocycles. The minimum absolute atomic E-state index is 0.385. The number of carbonyl (C=O) groups is 1. The first-order valence-electron chi connectivity index (χ1n) is 3.71. The van der Waals surface area contributed by atoms with Gasteiger partial charge in [-0.25, -0.2) is 14.8 Å².